The zero-order valence-electron chi connectivity index (χ0n) is 22.3. The molecule has 0 aromatic heterocycles. The lowest BCUT2D eigenvalue weighted by Crippen LogP contribution is -2.29. The Bertz CT molecular complexity index is 1700. The second-order valence-corrected chi connectivity index (χ2v) is 9.52. The smallest absolute Gasteiger partial charge is 0.308 e. The van der Waals surface area contributed by atoms with Gasteiger partial charge < -0.3 is 18.9 Å². The van der Waals surface area contributed by atoms with Crippen molar-refractivity contribution in [2.75, 3.05) is 21.3 Å². The highest BCUT2D eigenvalue weighted by Gasteiger charge is 2.48. The van der Waals surface area contributed by atoms with Gasteiger partial charge in [0, 0.05) is 17.9 Å². The van der Waals surface area contributed by atoms with Gasteiger partial charge in [-0.15, -0.1) is 0 Å². The van der Waals surface area contributed by atoms with E-state index in [0.29, 0.717) is 5.75 Å². The highest BCUT2D eigenvalue weighted by molar-refractivity contribution is 6.03. The van der Waals surface area contributed by atoms with E-state index in [4.69, 9.17) is 18.9 Å². The van der Waals surface area contributed by atoms with Crippen molar-refractivity contribution >= 4 is 16.7 Å². The van der Waals surface area contributed by atoms with Crippen molar-refractivity contribution in [3.05, 3.63) is 119 Å². The molecule has 1 atom stereocenters. The van der Waals surface area contributed by atoms with Gasteiger partial charge in [0.1, 0.15) is 23.0 Å². The maximum Gasteiger partial charge on any atom is 0.308 e. The molecule has 0 heterocycles. The third-order valence-electron chi connectivity index (χ3n) is 7.61. The first-order valence-electron chi connectivity index (χ1n) is 12.7. The van der Waals surface area contributed by atoms with Crippen LogP contribution in [0.1, 0.15) is 29.2 Å². The molecule has 0 radical (unpaired) electrons. The summed E-state index contributed by atoms with van der Waals surface area (Å²) >= 11 is 0. The van der Waals surface area contributed by atoms with Gasteiger partial charge in [-0.3, -0.25) is 4.79 Å². The van der Waals surface area contributed by atoms with Crippen LogP contribution in [-0.2, 0) is 10.2 Å². The molecular formula is C34H28O5. The first kappa shape index (κ1) is 24.6. The number of rotatable bonds is 6. The Morgan fingerprint density at radius 3 is 1.85 bits per heavy atom. The summed E-state index contributed by atoms with van der Waals surface area (Å²) in [4.78, 5) is 11.6. The zero-order chi connectivity index (χ0) is 27.1. The summed E-state index contributed by atoms with van der Waals surface area (Å²) in [6, 6.07) is 32.7. The number of esters is 1. The number of carbonyl (C=O) groups is 1. The molecule has 5 aromatic rings. The van der Waals surface area contributed by atoms with Crippen LogP contribution in [0.2, 0.25) is 0 Å². The van der Waals surface area contributed by atoms with Crippen molar-refractivity contribution in [1.29, 1.82) is 0 Å². The summed E-state index contributed by atoms with van der Waals surface area (Å²) in [5.41, 5.74) is 5.81. The van der Waals surface area contributed by atoms with Gasteiger partial charge in [-0.05, 0) is 69.6 Å². The summed E-state index contributed by atoms with van der Waals surface area (Å²) in [6.45, 7) is 1.40. The molecule has 0 bridgehead atoms. The Morgan fingerprint density at radius 1 is 0.615 bits per heavy atom. The number of fused-ring (bicyclic) bond motifs is 5. The second-order valence-electron chi connectivity index (χ2n) is 9.52. The van der Waals surface area contributed by atoms with E-state index in [1.54, 1.807) is 21.3 Å². The molecule has 1 unspecified atom stereocenters. The van der Waals surface area contributed by atoms with Gasteiger partial charge in [0.2, 0.25) is 0 Å². The summed E-state index contributed by atoms with van der Waals surface area (Å²) in [5, 5.41) is 2.12. The normalized spacial score (nSPS) is 15.4. The van der Waals surface area contributed by atoms with Crippen molar-refractivity contribution in [3.8, 4) is 34.1 Å². The fourth-order valence-electron chi connectivity index (χ4n) is 6.09. The average molecular weight is 517 g/mol. The first-order valence-corrected chi connectivity index (χ1v) is 12.7. The minimum atomic E-state index is -0.702. The maximum atomic E-state index is 11.6. The molecule has 0 saturated carbocycles. The largest absolute Gasteiger partial charge is 0.497 e. The highest BCUT2D eigenvalue weighted by atomic mass is 16.5. The fraction of sp³-hybridized carbons (Fsp3) is 0.147. The number of carbonyl (C=O) groups excluding carboxylic acids is 1. The Balaban J connectivity index is 1.79. The van der Waals surface area contributed by atoms with Crippen molar-refractivity contribution in [3.63, 3.8) is 0 Å². The fourth-order valence-corrected chi connectivity index (χ4v) is 6.09. The van der Waals surface area contributed by atoms with Crippen molar-refractivity contribution in [2.24, 2.45) is 0 Å². The lowest BCUT2D eigenvalue weighted by Gasteiger charge is -2.35. The molecule has 0 spiro atoms. The molecule has 0 fully saturated rings. The van der Waals surface area contributed by atoms with E-state index >= 15 is 0 Å². The molecule has 1 aliphatic carbocycles. The van der Waals surface area contributed by atoms with Crippen LogP contribution in [0.5, 0.6) is 23.0 Å². The highest BCUT2D eigenvalue weighted by Crippen LogP contribution is 2.60. The van der Waals surface area contributed by atoms with Gasteiger partial charge in [0.05, 0.1) is 26.7 Å². The standard InChI is InChI=1S/C34H28O5/c1-21(35)39-25-17-13-23(14-18-25)34(22-11-15-24(36-2)16-12-22)29-8-6-10-31(38-4)32(29)28-20-19-26-27(33(28)34)7-5-9-30(26)37-3/h5-20H,1-4H3. The summed E-state index contributed by atoms with van der Waals surface area (Å²) in [5.74, 6) is 2.55. The van der Waals surface area contributed by atoms with Crippen LogP contribution in [0.15, 0.2) is 97.1 Å². The van der Waals surface area contributed by atoms with Crippen LogP contribution >= 0.6 is 0 Å². The molecule has 39 heavy (non-hydrogen) atoms. The molecule has 5 aromatic carbocycles. The van der Waals surface area contributed by atoms with Crippen LogP contribution in [-0.4, -0.2) is 27.3 Å². The third kappa shape index (κ3) is 3.65. The van der Waals surface area contributed by atoms with Gasteiger partial charge in [-0.2, -0.15) is 0 Å². The van der Waals surface area contributed by atoms with Crippen molar-refractivity contribution in [2.45, 2.75) is 12.3 Å². The molecule has 0 amide bonds. The number of benzene rings is 5. The SMILES string of the molecule is COc1ccc(C2(c3ccc(OC(C)=O)cc3)c3cccc(OC)c3-c3ccc4c(OC)cccc4c32)cc1. The number of ether oxygens (including phenoxy) is 4. The van der Waals surface area contributed by atoms with Crippen LogP contribution in [0.25, 0.3) is 21.9 Å². The van der Waals surface area contributed by atoms with E-state index in [0.717, 1.165) is 61.4 Å². The molecule has 1 aliphatic rings. The number of hydrogen-bond acceptors (Lipinski definition) is 5. The Morgan fingerprint density at radius 2 is 1.23 bits per heavy atom. The molecule has 6 rings (SSSR count). The predicted molar refractivity (Wildman–Crippen MR) is 152 cm³/mol. The van der Waals surface area contributed by atoms with Gasteiger partial charge >= 0.3 is 5.97 Å². The zero-order valence-corrected chi connectivity index (χ0v) is 22.3. The van der Waals surface area contributed by atoms with Crippen LogP contribution in [0.4, 0.5) is 0 Å². The summed E-state index contributed by atoms with van der Waals surface area (Å²) in [7, 11) is 5.08. The molecule has 0 N–H and O–H groups in total. The Labute approximate surface area is 227 Å². The molecular weight excluding hydrogens is 488 g/mol. The topological polar surface area (TPSA) is 54.0 Å². The van der Waals surface area contributed by atoms with Gasteiger partial charge in [-0.25, -0.2) is 0 Å². The second kappa shape index (κ2) is 9.52. The van der Waals surface area contributed by atoms with Gasteiger partial charge in [-0.1, -0.05) is 60.7 Å². The lowest BCUT2D eigenvalue weighted by atomic mass is 9.66. The van der Waals surface area contributed by atoms with E-state index in [1.165, 1.54) is 6.92 Å². The summed E-state index contributed by atoms with van der Waals surface area (Å²) in [6.07, 6.45) is 0. The first-order chi connectivity index (χ1) is 19.0. The minimum absolute atomic E-state index is 0.355. The molecule has 0 saturated heterocycles. The van der Waals surface area contributed by atoms with E-state index in [1.807, 2.05) is 60.7 Å². The molecule has 194 valence electrons. The maximum absolute atomic E-state index is 11.6. The summed E-state index contributed by atoms with van der Waals surface area (Å²) < 4.78 is 22.6. The van der Waals surface area contributed by atoms with E-state index in [9.17, 15) is 4.79 Å². The van der Waals surface area contributed by atoms with Gasteiger partial charge in [0.25, 0.3) is 0 Å². The van der Waals surface area contributed by atoms with Crippen LogP contribution in [0.3, 0.4) is 0 Å². The third-order valence-corrected chi connectivity index (χ3v) is 7.61. The number of methoxy groups -OCH3 is 3. The Hall–Kier alpha value is -4.77. The van der Waals surface area contributed by atoms with E-state index in [2.05, 4.69) is 36.4 Å². The van der Waals surface area contributed by atoms with Gasteiger partial charge in [0.15, 0.2) is 0 Å². The molecule has 5 nitrogen and oxygen atoms in total. The van der Waals surface area contributed by atoms with E-state index in [-0.39, 0.29) is 5.97 Å². The quantitative estimate of drug-likeness (QED) is 0.174. The number of hydrogen-bond donors (Lipinski definition) is 0. The van der Waals surface area contributed by atoms with Crippen LogP contribution < -0.4 is 18.9 Å². The molecule has 5 heteroatoms. The monoisotopic (exact) mass is 516 g/mol. The lowest BCUT2D eigenvalue weighted by molar-refractivity contribution is -0.131. The van der Waals surface area contributed by atoms with E-state index < -0.39 is 5.41 Å². The minimum Gasteiger partial charge on any atom is -0.497 e. The van der Waals surface area contributed by atoms with Crippen molar-refractivity contribution < 1.29 is 23.7 Å². The van der Waals surface area contributed by atoms with Crippen molar-refractivity contribution in [1.82, 2.24) is 0 Å². The molecule has 0 aliphatic heterocycles. The Kier molecular flexibility index (Phi) is 5.99. The van der Waals surface area contributed by atoms with Crippen LogP contribution in [0, 0.1) is 0 Å². The predicted octanol–water partition coefficient (Wildman–Crippen LogP) is 7.15. The average Bonchev–Trinajstić information content (AvgIpc) is 3.28.